The molecule has 0 aliphatic carbocycles. The molecule has 1 saturated heterocycles. The van der Waals surface area contributed by atoms with Gasteiger partial charge in [-0.1, -0.05) is 0 Å². The molecular formula is C13H21N5O2. The standard InChI is InChI=1S/C13H21N5O2/c1-9(2)18-7-6-17(8-11(18)12(14)19)13(20)10-4-5-16(3)15-10/h4-5,9,11H,6-8H2,1-3H3,(H2,14,19). The lowest BCUT2D eigenvalue weighted by atomic mass is 10.1. The van der Waals surface area contributed by atoms with Crippen LogP contribution in [0.5, 0.6) is 0 Å². The van der Waals surface area contributed by atoms with E-state index in [-0.39, 0.29) is 11.9 Å². The van der Waals surface area contributed by atoms with Crippen molar-refractivity contribution in [2.24, 2.45) is 12.8 Å². The van der Waals surface area contributed by atoms with E-state index < -0.39 is 11.9 Å². The highest BCUT2D eigenvalue weighted by molar-refractivity contribution is 5.93. The molecule has 2 N–H and O–H groups in total. The summed E-state index contributed by atoms with van der Waals surface area (Å²) in [6.07, 6.45) is 1.73. The zero-order valence-electron chi connectivity index (χ0n) is 12.1. The van der Waals surface area contributed by atoms with Crippen LogP contribution in [0.2, 0.25) is 0 Å². The summed E-state index contributed by atoms with van der Waals surface area (Å²) in [6, 6.07) is 1.46. The van der Waals surface area contributed by atoms with E-state index in [4.69, 9.17) is 5.73 Å². The van der Waals surface area contributed by atoms with E-state index in [2.05, 4.69) is 5.10 Å². The Kier molecular flexibility index (Phi) is 4.08. The predicted octanol–water partition coefficient (Wildman–Crippen LogP) is -0.560. The van der Waals surface area contributed by atoms with Crippen LogP contribution in [0.1, 0.15) is 24.3 Å². The molecule has 7 nitrogen and oxygen atoms in total. The average Bonchev–Trinajstić information content (AvgIpc) is 2.83. The highest BCUT2D eigenvalue weighted by Crippen LogP contribution is 2.15. The van der Waals surface area contributed by atoms with Crippen LogP contribution in [0.25, 0.3) is 0 Å². The van der Waals surface area contributed by atoms with Crippen LogP contribution in [0.15, 0.2) is 12.3 Å². The smallest absolute Gasteiger partial charge is 0.274 e. The first-order chi connectivity index (χ1) is 9.40. The van der Waals surface area contributed by atoms with Gasteiger partial charge in [-0.2, -0.15) is 5.10 Å². The predicted molar refractivity (Wildman–Crippen MR) is 73.9 cm³/mol. The van der Waals surface area contributed by atoms with Crippen LogP contribution in [0.4, 0.5) is 0 Å². The van der Waals surface area contributed by atoms with Gasteiger partial charge in [0.2, 0.25) is 5.91 Å². The molecule has 2 heterocycles. The first-order valence-electron chi connectivity index (χ1n) is 6.74. The number of aryl methyl sites for hydroxylation is 1. The van der Waals surface area contributed by atoms with E-state index in [9.17, 15) is 9.59 Å². The van der Waals surface area contributed by atoms with Gasteiger partial charge in [0.1, 0.15) is 11.7 Å². The van der Waals surface area contributed by atoms with Crippen molar-refractivity contribution in [2.75, 3.05) is 19.6 Å². The number of primary amides is 1. The molecule has 1 aromatic rings. The van der Waals surface area contributed by atoms with E-state index in [0.29, 0.717) is 25.3 Å². The van der Waals surface area contributed by atoms with E-state index >= 15 is 0 Å². The van der Waals surface area contributed by atoms with Gasteiger partial charge in [-0.25, -0.2) is 0 Å². The average molecular weight is 279 g/mol. The Morgan fingerprint density at radius 2 is 2.10 bits per heavy atom. The maximum atomic E-state index is 12.3. The van der Waals surface area contributed by atoms with Crippen molar-refractivity contribution < 1.29 is 9.59 Å². The Bertz CT molecular complexity index is 511. The third kappa shape index (κ3) is 2.82. The Labute approximate surface area is 118 Å². The number of hydrogen-bond acceptors (Lipinski definition) is 4. The molecule has 2 amide bonds. The van der Waals surface area contributed by atoms with E-state index in [1.165, 1.54) is 0 Å². The van der Waals surface area contributed by atoms with Crippen molar-refractivity contribution in [2.45, 2.75) is 25.9 Å². The number of carbonyl (C=O) groups is 2. The number of carbonyl (C=O) groups excluding carboxylic acids is 2. The van der Waals surface area contributed by atoms with Gasteiger partial charge in [-0.15, -0.1) is 0 Å². The van der Waals surface area contributed by atoms with Crippen LogP contribution in [-0.4, -0.2) is 63.1 Å². The van der Waals surface area contributed by atoms with Gasteiger partial charge in [0, 0.05) is 38.9 Å². The minimum Gasteiger partial charge on any atom is -0.368 e. The molecule has 110 valence electrons. The zero-order chi connectivity index (χ0) is 14.9. The maximum absolute atomic E-state index is 12.3. The second kappa shape index (κ2) is 5.62. The summed E-state index contributed by atoms with van der Waals surface area (Å²) in [5.74, 6) is -0.544. The molecular weight excluding hydrogens is 258 g/mol. The van der Waals surface area contributed by atoms with Crippen molar-refractivity contribution >= 4 is 11.8 Å². The summed E-state index contributed by atoms with van der Waals surface area (Å²) >= 11 is 0. The van der Waals surface area contributed by atoms with Crippen molar-refractivity contribution in [3.05, 3.63) is 18.0 Å². The summed E-state index contributed by atoms with van der Waals surface area (Å²) in [7, 11) is 1.76. The second-order valence-electron chi connectivity index (χ2n) is 5.38. The summed E-state index contributed by atoms with van der Waals surface area (Å²) < 4.78 is 1.59. The zero-order valence-corrected chi connectivity index (χ0v) is 12.1. The lowest BCUT2D eigenvalue weighted by Gasteiger charge is -2.41. The highest BCUT2D eigenvalue weighted by atomic mass is 16.2. The highest BCUT2D eigenvalue weighted by Gasteiger charge is 2.34. The van der Waals surface area contributed by atoms with Crippen molar-refractivity contribution in [3.8, 4) is 0 Å². The van der Waals surface area contributed by atoms with Crippen LogP contribution >= 0.6 is 0 Å². The van der Waals surface area contributed by atoms with Crippen molar-refractivity contribution in [3.63, 3.8) is 0 Å². The number of nitrogens with zero attached hydrogens (tertiary/aromatic N) is 4. The summed E-state index contributed by atoms with van der Waals surface area (Å²) in [6.45, 7) is 5.59. The monoisotopic (exact) mass is 279 g/mol. The van der Waals surface area contributed by atoms with Gasteiger partial charge in [0.25, 0.3) is 5.91 Å². The minimum atomic E-state index is -0.434. The molecule has 1 unspecified atom stereocenters. The maximum Gasteiger partial charge on any atom is 0.274 e. The first kappa shape index (κ1) is 14.5. The number of nitrogens with two attached hydrogens (primary N) is 1. The molecule has 0 saturated carbocycles. The third-order valence-electron chi connectivity index (χ3n) is 3.63. The lowest BCUT2D eigenvalue weighted by molar-refractivity contribution is -0.126. The number of piperazine rings is 1. The SMILES string of the molecule is CC(C)N1CCN(C(=O)c2ccn(C)n2)CC1C(N)=O. The number of rotatable bonds is 3. The van der Waals surface area contributed by atoms with Gasteiger partial charge in [0.05, 0.1) is 0 Å². The van der Waals surface area contributed by atoms with Gasteiger partial charge in [-0.05, 0) is 19.9 Å². The van der Waals surface area contributed by atoms with E-state index in [1.54, 1.807) is 28.9 Å². The fourth-order valence-electron chi connectivity index (χ4n) is 2.54. The number of aromatic nitrogens is 2. The fraction of sp³-hybridized carbons (Fsp3) is 0.615. The second-order valence-corrected chi connectivity index (χ2v) is 5.38. The minimum absolute atomic E-state index is 0.153. The van der Waals surface area contributed by atoms with Crippen LogP contribution in [0, 0.1) is 0 Å². The van der Waals surface area contributed by atoms with Gasteiger partial charge in [0.15, 0.2) is 0 Å². The molecule has 1 atom stereocenters. The fourth-order valence-corrected chi connectivity index (χ4v) is 2.54. The Morgan fingerprint density at radius 3 is 2.60 bits per heavy atom. The molecule has 20 heavy (non-hydrogen) atoms. The van der Waals surface area contributed by atoms with E-state index in [0.717, 1.165) is 0 Å². The molecule has 0 radical (unpaired) electrons. The largest absolute Gasteiger partial charge is 0.368 e. The first-order valence-corrected chi connectivity index (χ1v) is 6.74. The van der Waals surface area contributed by atoms with Gasteiger partial charge >= 0.3 is 0 Å². The normalized spacial score (nSPS) is 20.4. The van der Waals surface area contributed by atoms with Crippen molar-refractivity contribution in [1.29, 1.82) is 0 Å². The molecule has 0 aromatic carbocycles. The van der Waals surface area contributed by atoms with Crippen molar-refractivity contribution in [1.82, 2.24) is 19.6 Å². The molecule has 1 fully saturated rings. The number of hydrogen-bond donors (Lipinski definition) is 1. The Balaban J connectivity index is 2.12. The summed E-state index contributed by atoms with van der Waals surface area (Å²) in [5.41, 5.74) is 5.86. The number of amides is 2. The molecule has 7 heteroatoms. The van der Waals surface area contributed by atoms with Gasteiger partial charge in [-0.3, -0.25) is 19.2 Å². The quantitative estimate of drug-likeness (QED) is 0.804. The summed E-state index contributed by atoms with van der Waals surface area (Å²) in [4.78, 5) is 27.6. The molecule has 0 spiro atoms. The van der Waals surface area contributed by atoms with Gasteiger partial charge < -0.3 is 10.6 Å². The van der Waals surface area contributed by atoms with Crippen LogP contribution in [-0.2, 0) is 11.8 Å². The summed E-state index contributed by atoms with van der Waals surface area (Å²) in [5, 5.41) is 4.11. The molecule has 1 aliphatic rings. The molecule has 0 bridgehead atoms. The van der Waals surface area contributed by atoms with Crippen LogP contribution < -0.4 is 5.73 Å². The lowest BCUT2D eigenvalue weighted by Crippen LogP contribution is -2.61. The van der Waals surface area contributed by atoms with Crippen LogP contribution in [0.3, 0.4) is 0 Å². The van der Waals surface area contributed by atoms with E-state index in [1.807, 2.05) is 18.7 Å². The molecule has 1 aliphatic heterocycles. The topological polar surface area (TPSA) is 84.5 Å². The third-order valence-corrected chi connectivity index (χ3v) is 3.63. The molecule has 1 aromatic heterocycles. The molecule has 2 rings (SSSR count). The Hall–Kier alpha value is -1.89. The Morgan fingerprint density at radius 1 is 1.40 bits per heavy atom.